The van der Waals surface area contributed by atoms with Gasteiger partial charge in [0.25, 0.3) is 0 Å². The minimum atomic E-state index is -0.556. The number of nitrogens with one attached hydrogen (secondary N) is 1. The molecule has 3 aromatic rings. The maximum absolute atomic E-state index is 12.8. The summed E-state index contributed by atoms with van der Waals surface area (Å²) in [6.07, 6.45) is 1.59. The highest BCUT2D eigenvalue weighted by Gasteiger charge is 2.53. The predicted octanol–water partition coefficient (Wildman–Crippen LogP) is 4.14. The highest BCUT2D eigenvalue weighted by Crippen LogP contribution is 2.49. The lowest BCUT2D eigenvalue weighted by molar-refractivity contribution is -0.118. The molecule has 0 bridgehead atoms. The molecule has 1 aliphatic carbocycles. The van der Waals surface area contributed by atoms with Gasteiger partial charge in [-0.05, 0) is 48.6 Å². The molecule has 1 aliphatic rings. The van der Waals surface area contributed by atoms with E-state index in [1.807, 2.05) is 66.8 Å². The third kappa shape index (κ3) is 2.93. The van der Waals surface area contributed by atoms with Gasteiger partial charge in [0.15, 0.2) is 5.76 Å². The first-order chi connectivity index (χ1) is 12.1. The fourth-order valence-electron chi connectivity index (χ4n) is 2.85. The van der Waals surface area contributed by atoms with Gasteiger partial charge in [0.1, 0.15) is 0 Å². The normalized spacial score (nSPS) is 15.0. The molecule has 5 nitrogen and oxygen atoms in total. The Balaban J connectivity index is 1.51. The van der Waals surface area contributed by atoms with E-state index in [1.165, 1.54) is 0 Å². The van der Waals surface area contributed by atoms with E-state index in [0.29, 0.717) is 0 Å². The Labute approximate surface area is 150 Å². The van der Waals surface area contributed by atoms with Gasteiger partial charge in [-0.1, -0.05) is 11.2 Å². The topological polar surface area (TPSA) is 58.4 Å². The Morgan fingerprint density at radius 2 is 2.00 bits per heavy atom. The van der Waals surface area contributed by atoms with Crippen LogP contribution < -0.4 is 10.2 Å². The molecular formula is C19H19N3O2S. The second kappa shape index (κ2) is 6.04. The Bertz CT molecular complexity index is 878. The molecule has 4 rings (SSSR count). The van der Waals surface area contributed by atoms with Gasteiger partial charge in [0, 0.05) is 31.5 Å². The first-order valence-electron chi connectivity index (χ1n) is 8.18. The molecule has 2 heterocycles. The minimum Gasteiger partial charge on any atom is -0.378 e. The van der Waals surface area contributed by atoms with Crippen molar-refractivity contribution < 1.29 is 9.32 Å². The first-order valence-corrected chi connectivity index (χ1v) is 9.06. The third-order valence-corrected chi connectivity index (χ3v) is 5.48. The number of carbonyl (C=O) groups excluding carboxylic acids is 1. The molecule has 25 heavy (non-hydrogen) atoms. The minimum absolute atomic E-state index is 0.0175. The average molecular weight is 353 g/mol. The van der Waals surface area contributed by atoms with Crippen molar-refractivity contribution in [3.8, 4) is 10.6 Å². The van der Waals surface area contributed by atoms with Crippen LogP contribution in [0.2, 0.25) is 0 Å². The second-order valence-electron chi connectivity index (χ2n) is 6.53. The van der Waals surface area contributed by atoms with Gasteiger partial charge in [-0.3, -0.25) is 4.79 Å². The van der Waals surface area contributed by atoms with Crippen LogP contribution in [0, 0.1) is 0 Å². The summed E-state index contributed by atoms with van der Waals surface area (Å²) in [7, 11) is 3.98. The van der Waals surface area contributed by atoms with Crippen LogP contribution in [0.15, 0.2) is 52.4 Å². The molecule has 6 heteroatoms. The molecule has 1 saturated carbocycles. The Morgan fingerprint density at radius 3 is 2.60 bits per heavy atom. The molecule has 0 atom stereocenters. The number of amides is 1. The zero-order chi connectivity index (χ0) is 17.4. The lowest BCUT2D eigenvalue weighted by Gasteiger charge is -2.15. The number of rotatable bonds is 5. The first kappa shape index (κ1) is 15.9. The van der Waals surface area contributed by atoms with E-state index in [0.717, 1.165) is 40.5 Å². The van der Waals surface area contributed by atoms with E-state index in [2.05, 4.69) is 10.5 Å². The molecule has 0 radical (unpaired) electrons. The Morgan fingerprint density at radius 1 is 1.24 bits per heavy atom. The van der Waals surface area contributed by atoms with Crippen LogP contribution in [0.3, 0.4) is 0 Å². The number of aromatic nitrogens is 1. The SMILES string of the molecule is CN(C)c1ccc(NC(=O)C2(c3cc(-c4cccs4)on3)CC2)cc1. The van der Waals surface area contributed by atoms with Crippen molar-refractivity contribution >= 4 is 28.6 Å². The zero-order valence-corrected chi connectivity index (χ0v) is 15.0. The van der Waals surface area contributed by atoms with Crippen LogP contribution in [0.25, 0.3) is 10.6 Å². The smallest absolute Gasteiger partial charge is 0.236 e. The van der Waals surface area contributed by atoms with Crippen molar-refractivity contribution in [2.75, 3.05) is 24.3 Å². The fraction of sp³-hybridized carbons (Fsp3) is 0.263. The molecule has 2 aromatic heterocycles. The lowest BCUT2D eigenvalue weighted by atomic mass is 10.0. The molecule has 0 saturated heterocycles. The summed E-state index contributed by atoms with van der Waals surface area (Å²) in [4.78, 5) is 15.9. The summed E-state index contributed by atoms with van der Waals surface area (Å²) in [6, 6.07) is 13.7. The average Bonchev–Trinajstić information content (AvgIpc) is 3.02. The van der Waals surface area contributed by atoms with Crippen molar-refractivity contribution in [1.82, 2.24) is 5.16 Å². The molecule has 1 aromatic carbocycles. The fourth-order valence-corrected chi connectivity index (χ4v) is 3.53. The van der Waals surface area contributed by atoms with Crippen molar-refractivity contribution in [1.29, 1.82) is 0 Å². The van der Waals surface area contributed by atoms with E-state index in [4.69, 9.17) is 4.52 Å². The van der Waals surface area contributed by atoms with E-state index >= 15 is 0 Å². The summed E-state index contributed by atoms with van der Waals surface area (Å²) in [5.41, 5.74) is 2.05. The molecule has 0 spiro atoms. The summed E-state index contributed by atoms with van der Waals surface area (Å²) in [6.45, 7) is 0. The van der Waals surface area contributed by atoms with Crippen molar-refractivity contribution in [3.63, 3.8) is 0 Å². The molecule has 1 fully saturated rings. The van der Waals surface area contributed by atoms with Gasteiger partial charge in [0.05, 0.1) is 16.0 Å². The van der Waals surface area contributed by atoms with Crippen molar-refractivity contribution in [2.24, 2.45) is 0 Å². The predicted molar refractivity (Wildman–Crippen MR) is 100 cm³/mol. The van der Waals surface area contributed by atoms with Crippen molar-refractivity contribution in [2.45, 2.75) is 18.3 Å². The number of anilines is 2. The molecular weight excluding hydrogens is 334 g/mol. The van der Waals surface area contributed by atoms with E-state index < -0.39 is 5.41 Å². The van der Waals surface area contributed by atoms with Gasteiger partial charge in [0.2, 0.25) is 5.91 Å². The van der Waals surface area contributed by atoms with Gasteiger partial charge < -0.3 is 14.7 Å². The molecule has 128 valence electrons. The quantitative estimate of drug-likeness (QED) is 0.749. The summed E-state index contributed by atoms with van der Waals surface area (Å²) in [5, 5.41) is 9.18. The highest BCUT2D eigenvalue weighted by atomic mass is 32.1. The van der Waals surface area contributed by atoms with Gasteiger partial charge in [-0.15, -0.1) is 11.3 Å². The van der Waals surface area contributed by atoms with Gasteiger partial charge >= 0.3 is 0 Å². The van der Waals surface area contributed by atoms with E-state index in [9.17, 15) is 4.79 Å². The molecule has 0 aliphatic heterocycles. The van der Waals surface area contributed by atoms with Crippen LogP contribution in [0.1, 0.15) is 18.5 Å². The summed E-state index contributed by atoms with van der Waals surface area (Å²) >= 11 is 1.60. The molecule has 0 unspecified atom stereocenters. The largest absolute Gasteiger partial charge is 0.378 e. The molecule has 1 N–H and O–H groups in total. The van der Waals surface area contributed by atoms with Crippen LogP contribution >= 0.6 is 11.3 Å². The summed E-state index contributed by atoms with van der Waals surface area (Å²) < 4.78 is 5.45. The highest BCUT2D eigenvalue weighted by molar-refractivity contribution is 7.13. The number of thiophene rings is 1. The van der Waals surface area contributed by atoms with E-state index in [1.54, 1.807) is 11.3 Å². The third-order valence-electron chi connectivity index (χ3n) is 4.59. The summed E-state index contributed by atoms with van der Waals surface area (Å²) in [5.74, 6) is 0.704. The number of benzene rings is 1. The number of nitrogens with zero attached hydrogens (tertiary/aromatic N) is 2. The van der Waals surface area contributed by atoms with Gasteiger partial charge in [-0.25, -0.2) is 0 Å². The van der Waals surface area contributed by atoms with Gasteiger partial charge in [-0.2, -0.15) is 0 Å². The Kier molecular flexibility index (Phi) is 3.84. The second-order valence-corrected chi connectivity index (χ2v) is 7.48. The lowest BCUT2D eigenvalue weighted by Crippen LogP contribution is -2.28. The number of carbonyl (C=O) groups is 1. The van der Waals surface area contributed by atoms with Crippen LogP contribution in [0.5, 0.6) is 0 Å². The van der Waals surface area contributed by atoms with Crippen LogP contribution in [-0.2, 0) is 10.2 Å². The molecule has 1 amide bonds. The Hall–Kier alpha value is -2.60. The van der Waals surface area contributed by atoms with Crippen LogP contribution in [-0.4, -0.2) is 25.2 Å². The van der Waals surface area contributed by atoms with Crippen LogP contribution in [0.4, 0.5) is 11.4 Å². The standard InChI is InChI=1S/C19H19N3O2S/c1-22(2)14-7-5-13(6-8-14)20-18(23)19(9-10-19)17-12-15(24-21-17)16-4-3-11-25-16/h3-8,11-12H,9-10H2,1-2H3,(H,20,23). The maximum atomic E-state index is 12.8. The monoisotopic (exact) mass is 353 g/mol. The number of hydrogen-bond donors (Lipinski definition) is 1. The maximum Gasteiger partial charge on any atom is 0.236 e. The zero-order valence-electron chi connectivity index (χ0n) is 14.2. The number of hydrogen-bond acceptors (Lipinski definition) is 5. The van der Waals surface area contributed by atoms with E-state index in [-0.39, 0.29) is 5.91 Å². The van der Waals surface area contributed by atoms with Crippen molar-refractivity contribution in [3.05, 3.63) is 53.5 Å².